The SMILES string of the molecule is COc1cc(CCC[Si](Cl)(Cl)Cl)cc(OC)c1. The Bertz CT molecular complexity index is 344. The van der Waals surface area contributed by atoms with Crippen molar-refractivity contribution >= 4 is 39.2 Å². The third-order valence-corrected chi connectivity index (χ3v) is 4.96. The van der Waals surface area contributed by atoms with Crippen molar-refractivity contribution in [2.45, 2.75) is 18.9 Å². The summed E-state index contributed by atoms with van der Waals surface area (Å²) in [5.41, 5.74) is 1.13. The first-order chi connectivity index (χ1) is 7.94. The summed E-state index contributed by atoms with van der Waals surface area (Å²) in [5, 5.41) is 0. The van der Waals surface area contributed by atoms with Crippen LogP contribution in [-0.2, 0) is 6.42 Å². The molecule has 96 valence electrons. The van der Waals surface area contributed by atoms with E-state index in [1.54, 1.807) is 14.2 Å². The summed E-state index contributed by atoms with van der Waals surface area (Å²) in [6, 6.07) is 3.95. The van der Waals surface area contributed by atoms with Gasteiger partial charge in [-0.05, 0) is 36.6 Å². The topological polar surface area (TPSA) is 18.5 Å². The van der Waals surface area contributed by atoms with E-state index in [9.17, 15) is 0 Å². The predicted octanol–water partition coefficient (Wildman–Crippen LogP) is 4.29. The number of hydrogen-bond donors (Lipinski definition) is 0. The highest BCUT2D eigenvalue weighted by Gasteiger charge is 2.23. The van der Waals surface area contributed by atoms with Crippen LogP contribution in [0.4, 0.5) is 0 Å². The average molecular weight is 314 g/mol. The van der Waals surface area contributed by atoms with Crippen LogP contribution in [0.2, 0.25) is 6.04 Å². The minimum Gasteiger partial charge on any atom is -0.497 e. The molecule has 0 radical (unpaired) electrons. The lowest BCUT2D eigenvalue weighted by Crippen LogP contribution is -2.08. The molecule has 0 atom stereocenters. The van der Waals surface area contributed by atoms with Gasteiger partial charge in [-0.15, -0.1) is 33.2 Å². The molecule has 1 aromatic carbocycles. The molecule has 0 heterocycles. The third kappa shape index (κ3) is 5.86. The fraction of sp³-hybridized carbons (Fsp3) is 0.455. The van der Waals surface area contributed by atoms with Gasteiger partial charge in [0.05, 0.1) is 14.2 Å². The van der Waals surface area contributed by atoms with Crippen LogP contribution in [0.25, 0.3) is 0 Å². The molecule has 0 aliphatic carbocycles. The van der Waals surface area contributed by atoms with Gasteiger partial charge in [-0.25, -0.2) is 0 Å². The number of benzene rings is 1. The Morgan fingerprint density at radius 1 is 1.00 bits per heavy atom. The number of hydrogen-bond acceptors (Lipinski definition) is 2. The van der Waals surface area contributed by atoms with Gasteiger partial charge in [0.25, 0.3) is 0 Å². The maximum Gasteiger partial charge on any atom is 0.341 e. The fourth-order valence-corrected chi connectivity index (χ4v) is 3.28. The number of rotatable bonds is 6. The largest absolute Gasteiger partial charge is 0.497 e. The van der Waals surface area contributed by atoms with Crippen molar-refractivity contribution in [3.8, 4) is 11.5 Å². The average Bonchev–Trinajstić information content (AvgIpc) is 2.26. The van der Waals surface area contributed by atoms with Crippen LogP contribution in [-0.4, -0.2) is 20.2 Å². The summed E-state index contributed by atoms with van der Waals surface area (Å²) < 4.78 is 10.4. The normalized spacial score (nSPS) is 11.4. The van der Waals surface area contributed by atoms with Gasteiger partial charge < -0.3 is 9.47 Å². The standard InChI is InChI=1S/C11H15Cl3O2Si/c1-15-10-6-9(7-11(8-10)16-2)4-3-5-17(12,13)14/h6-8H,3-5H2,1-2H3. The minimum absolute atomic E-state index is 0.664. The van der Waals surface area contributed by atoms with Gasteiger partial charge in [0.1, 0.15) is 11.5 Å². The molecule has 0 aliphatic heterocycles. The van der Waals surface area contributed by atoms with E-state index in [0.717, 1.165) is 29.9 Å². The molecule has 17 heavy (non-hydrogen) atoms. The summed E-state index contributed by atoms with van der Waals surface area (Å²) >= 11 is 17.5. The van der Waals surface area contributed by atoms with Gasteiger partial charge in [-0.1, -0.05) is 0 Å². The zero-order chi connectivity index (χ0) is 12.9. The molecule has 0 saturated carbocycles. The number of methoxy groups -OCH3 is 2. The second-order valence-electron chi connectivity index (χ2n) is 3.69. The van der Waals surface area contributed by atoms with Crippen LogP contribution in [0.1, 0.15) is 12.0 Å². The van der Waals surface area contributed by atoms with Gasteiger partial charge >= 0.3 is 6.00 Å². The molecule has 6 heteroatoms. The van der Waals surface area contributed by atoms with E-state index < -0.39 is 6.00 Å². The highest BCUT2D eigenvalue weighted by molar-refractivity contribution is 7.64. The molecule has 0 saturated heterocycles. The number of halogens is 3. The van der Waals surface area contributed by atoms with Crippen molar-refractivity contribution in [2.75, 3.05) is 14.2 Å². The van der Waals surface area contributed by atoms with Crippen molar-refractivity contribution in [1.82, 2.24) is 0 Å². The van der Waals surface area contributed by atoms with E-state index in [1.807, 2.05) is 18.2 Å². The Hall–Kier alpha value is -0.0931. The molecule has 0 bridgehead atoms. The zero-order valence-electron chi connectivity index (χ0n) is 9.80. The van der Waals surface area contributed by atoms with Gasteiger partial charge in [0.15, 0.2) is 0 Å². The molecule has 0 unspecified atom stereocenters. The van der Waals surface area contributed by atoms with Crippen LogP contribution in [0.3, 0.4) is 0 Å². The molecule has 0 aliphatic rings. The molecule has 0 fully saturated rings. The van der Waals surface area contributed by atoms with Crippen molar-refractivity contribution in [3.63, 3.8) is 0 Å². The molecule has 0 spiro atoms. The molecule has 0 N–H and O–H groups in total. The summed E-state index contributed by atoms with van der Waals surface area (Å²) in [4.78, 5) is 0. The maximum atomic E-state index is 5.84. The minimum atomic E-state index is -2.50. The molecule has 0 aromatic heterocycles. The van der Waals surface area contributed by atoms with Crippen molar-refractivity contribution in [3.05, 3.63) is 23.8 Å². The van der Waals surface area contributed by atoms with Crippen LogP contribution in [0.5, 0.6) is 11.5 Å². The van der Waals surface area contributed by atoms with Gasteiger partial charge in [-0.3, -0.25) is 0 Å². The van der Waals surface area contributed by atoms with Gasteiger partial charge in [0.2, 0.25) is 0 Å². The Kier molecular flexibility index (Phi) is 5.93. The van der Waals surface area contributed by atoms with Gasteiger partial charge in [0, 0.05) is 6.07 Å². The number of aryl methyl sites for hydroxylation is 1. The first kappa shape index (κ1) is 15.0. The Morgan fingerprint density at radius 3 is 1.94 bits per heavy atom. The molecular formula is C11H15Cl3O2Si. The molecule has 1 aromatic rings. The van der Waals surface area contributed by atoms with E-state index in [0.29, 0.717) is 6.04 Å². The maximum absolute atomic E-state index is 5.84. The monoisotopic (exact) mass is 312 g/mol. The molecule has 2 nitrogen and oxygen atoms in total. The summed E-state index contributed by atoms with van der Waals surface area (Å²) in [6.07, 6.45) is 1.72. The lowest BCUT2D eigenvalue weighted by Gasteiger charge is -2.10. The second kappa shape index (κ2) is 6.74. The van der Waals surface area contributed by atoms with Crippen molar-refractivity contribution in [2.24, 2.45) is 0 Å². The molecular weight excluding hydrogens is 299 g/mol. The Morgan fingerprint density at radius 2 is 1.53 bits per heavy atom. The first-order valence-corrected chi connectivity index (χ1v) is 10.5. The quantitative estimate of drug-likeness (QED) is 0.576. The van der Waals surface area contributed by atoms with Crippen molar-refractivity contribution in [1.29, 1.82) is 0 Å². The smallest absolute Gasteiger partial charge is 0.341 e. The Balaban J connectivity index is 2.64. The van der Waals surface area contributed by atoms with Crippen LogP contribution >= 0.6 is 33.2 Å². The van der Waals surface area contributed by atoms with Crippen molar-refractivity contribution < 1.29 is 9.47 Å². The molecule has 1 rings (SSSR count). The van der Waals surface area contributed by atoms with Crippen LogP contribution < -0.4 is 9.47 Å². The van der Waals surface area contributed by atoms with E-state index in [2.05, 4.69) is 0 Å². The lowest BCUT2D eigenvalue weighted by molar-refractivity contribution is 0.393. The van der Waals surface area contributed by atoms with Crippen LogP contribution in [0, 0.1) is 0 Å². The fourth-order valence-electron chi connectivity index (χ4n) is 1.50. The number of ether oxygens (including phenoxy) is 2. The highest BCUT2D eigenvalue weighted by Crippen LogP contribution is 2.28. The summed E-state index contributed by atoms with van der Waals surface area (Å²) in [6.45, 7) is 0. The van der Waals surface area contributed by atoms with E-state index in [-0.39, 0.29) is 0 Å². The van der Waals surface area contributed by atoms with E-state index in [4.69, 9.17) is 42.7 Å². The molecule has 0 amide bonds. The summed E-state index contributed by atoms with van der Waals surface area (Å²) in [5.74, 6) is 1.57. The zero-order valence-corrected chi connectivity index (χ0v) is 13.1. The first-order valence-electron chi connectivity index (χ1n) is 5.23. The Labute approximate surface area is 117 Å². The van der Waals surface area contributed by atoms with E-state index >= 15 is 0 Å². The third-order valence-electron chi connectivity index (χ3n) is 2.34. The lowest BCUT2D eigenvalue weighted by atomic mass is 10.1. The predicted molar refractivity (Wildman–Crippen MR) is 76.0 cm³/mol. The second-order valence-corrected chi connectivity index (χ2v) is 13.0. The highest BCUT2D eigenvalue weighted by atomic mass is 35.8. The summed E-state index contributed by atoms with van der Waals surface area (Å²) in [7, 11) is 3.26. The van der Waals surface area contributed by atoms with E-state index in [1.165, 1.54) is 0 Å². The van der Waals surface area contributed by atoms with Crippen LogP contribution in [0.15, 0.2) is 18.2 Å². The van der Waals surface area contributed by atoms with Gasteiger partial charge in [-0.2, -0.15) is 0 Å².